The Bertz CT molecular complexity index is 1570. The highest BCUT2D eigenvalue weighted by atomic mass is 19.1. The highest BCUT2D eigenvalue weighted by Crippen LogP contribution is 2.31. The van der Waals surface area contributed by atoms with Gasteiger partial charge in [-0.1, -0.05) is 36.4 Å². The number of hydrogen-bond donors (Lipinski definition) is 1. The summed E-state index contributed by atoms with van der Waals surface area (Å²) in [4.78, 5) is 32.9. The van der Waals surface area contributed by atoms with Crippen molar-refractivity contribution in [2.24, 2.45) is 0 Å². The van der Waals surface area contributed by atoms with Crippen LogP contribution in [0.25, 0.3) is 16.7 Å². The van der Waals surface area contributed by atoms with Gasteiger partial charge < -0.3 is 5.32 Å². The smallest absolute Gasteiger partial charge is 0.307 e. The monoisotopic (exact) mass is 464 g/mol. The number of pyridine rings is 2. The van der Waals surface area contributed by atoms with Crippen LogP contribution in [0.15, 0.2) is 108 Å². The molecule has 0 spiro atoms. The fourth-order valence-electron chi connectivity index (χ4n) is 4.02. The van der Waals surface area contributed by atoms with E-state index >= 15 is 0 Å². The number of carbonyl (C=O) groups excluding carboxylic acids is 1. The number of urea groups is 1. The van der Waals surface area contributed by atoms with Gasteiger partial charge in [0.25, 0.3) is 0 Å². The fraction of sp³-hybridized carbons (Fsp3) is 0.0357. The van der Waals surface area contributed by atoms with Crippen LogP contribution in [-0.4, -0.2) is 15.6 Å². The molecule has 5 aromatic rings. The molecular formula is C28H21FN4O2. The van der Waals surface area contributed by atoms with E-state index in [1.807, 2.05) is 55.5 Å². The van der Waals surface area contributed by atoms with Gasteiger partial charge in [0.05, 0.1) is 11.1 Å². The van der Waals surface area contributed by atoms with Crippen LogP contribution in [0.1, 0.15) is 5.56 Å². The zero-order valence-electron chi connectivity index (χ0n) is 18.9. The molecule has 0 fully saturated rings. The number of fused-ring (bicyclic) bond motifs is 1. The Morgan fingerprint density at radius 2 is 1.57 bits per heavy atom. The van der Waals surface area contributed by atoms with E-state index in [9.17, 15) is 14.0 Å². The van der Waals surface area contributed by atoms with Crippen molar-refractivity contribution in [1.29, 1.82) is 0 Å². The van der Waals surface area contributed by atoms with Gasteiger partial charge in [-0.15, -0.1) is 0 Å². The molecule has 1 N–H and O–H groups in total. The van der Waals surface area contributed by atoms with E-state index < -0.39 is 11.8 Å². The molecule has 3 aromatic carbocycles. The van der Waals surface area contributed by atoms with Crippen molar-refractivity contribution in [3.63, 3.8) is 0 Å². The molecule has 2 amide bonds. The number of rotatable bonds is 4. The molecule has 0 aliphatic rings. The number of anilines is 3. The summed E-state index contributed by atoms with van der Waals surface area (Å²) in [5, 5.41) is 3.29. The third-order valence-electron chi connectivity index (χ3n) is 5.64. The summed E-state index contributed by atoms with van der Waals surface area (Å²) < 4.78 is 15.2. The Balaban J connectivity index is 1.78. The Kier molecular flexibility index (Phi) is 5.81. The molecule has 0 bridgehead atoms. The predicted octanol–water partition coefficient (Wildman–Crippen LogP) is 6.20. The third kappa shape index (κ3) is 4.27. The number of carbonyl (C=O) groups is 1. The molecule has 0 atom stereocenters. The van der Waals surface area contributed by atoms with E-state index in [0.717, 1.165) is 11.3 Å². The molecule has 0 saturated carbocycles. The highest BCUT2D eigenvalue weighted by Gasteiger charge is 2.25. The SMILES string of the molecule is Cc1ccnc2c1c(=O)cc(N(C(=O)Nc1ccc(F)cc1)c1ccccc1)n2-c1ccccc1. The van der Waals surface area contributed by atoms with Crippen molar-refractivity contribution in [1.82, 2.24) is 9.55 Å². The molecule has 7 heteroatoms. The van der Waals surface area contributed by atoms with Crippen molar-refractivity contribution in [2.45, 2.75) is 6.92 Å². The maximum atomic E-state index is 13.7. The number of aryl methyl sites for hydroxylation is 1. The molecule has 0 aliphatic carbocycles. The molecule has 2 heterocycles. The molecule has 35 heavy (non-hydrogen) atoms. The Hall–Kier alpha value is -4.78. The highest BCUT2D eigenvalue weighted by molar-refractivity contribution is 6.07. The van der Waals surface area contributed by atoms with Crippen molar-refractivity contribution in [3.8, 4) is 5.69 Å². The van der Waals surface area contributed by atoms with Gasteiger partial charge in [-0.2, -0.15) is 0 Å². The number of aromatic nitrogens is 2. The minimum atomic E-state index is -0.515. The molecular weight excluding hydrogens is 443 g/mol. The number of hydrogen-bond acceptors (Lipinski definition) is 3. The van der Waals surface area contributed by atoms with E-state index in [2.05, 4.69) is 10.3 Å². The largest absolute Gasteiger partial charge is 0.332 e. The molecule has 0 aliphatic heterocycles. The molecule has 172 valence electrons. The van der Waals surface area contributed by atoms with E-state index in [1.54, 1.807) is 29.0 Å². The van der Waals surface area contributed by atoms with Crippen molar-refractivity contribution in [3.05, 3.63) is 125 Å². The Labute approximate surface area is 200 Å². The predicted molar refractivity (Wildman–Crippen MR) is 136 cm³/mol. The third-order valence-corrected chi connectivity index (χ3v) is 5.64. The first-order valence-electron chi connectivity index (χ1n) is 11.0. The minimum Gasteiger partial charge on any atom is -0.307 e. The summed E-state index contributed by atoms with van der Waals surface area (Å²) in [6.07, 6.45) is 1.64. The van der Waals surface area contributed by atoms with Crippen LogP contribution >= 0.6 is 0 Å². The summed E-state index contributed by atoms with van der Waals surface area (Å²) in [6.45, 7) is 1.86. The lowest BCUT2D eigenvalue weighted by Gasteiger charge is -2.27. The minimum absolute atomic E-state index is 0.247. The summed E-state index contributed by atoms with van der Waals surface area (Å²) in [7, 11) is 0. The second kappa shape index (κ2) is 9.23. The van der Waals surface area contributed by atoms with Gasteiger partial charge >= 0.3 is 6.03 Å². The number of benzene rings is 3. The zero-order chi connectivity index (χ0) is 24.4. The van der Waals surface area contributed by atoms with E-state index in [-0.39, 0.29) is 5.43 Å². The second-order valence-corrected chi connectivity index (χ2v) is 7.97. The van der Waals surface area contributed by atoms with Crippen LogP contribution in [0.5, 0.6) is 0 Å². The first-order chi connectivity index (χ1) is 17.0. The van der Waals surface area contributed by atoms with E-state index in [0.29, 0.717) is 28.2 Å². The number of para-hydroxylation sites is 2. The molecule has 0 saturated heterocycles. The normalized spacial score (nSPS) is 10.8. The fourth-order valence-corrected chi connectivity index (χ4v) is 4.02. The molecule has 6 nitrogen and oxygen atoms in total. The first-order valence-corrected chi connectivity index (χ1v) is 11.0. The quantitative estimate of drug-likeness (QED) is 0.344. The van der Waals surface area contributed by atoms with Gasteiger partial charge in [-0.25, -0.2) is 19.1 Å². The summed E-state index contributed by atoms with van der Waals surface area (Å²) >= 11 is 0. The van der Waals surface area contributed by atoms with Crippen molar-refractivity contribution >= 4 is 34.3 Å². The van der Waals surface area contributed by atoms with Gasteiger partial charge in [0.15, 0.2) is 5.43 Å². The average Bonchev–Trinajstić information content (AvgIpc) is 2.87. The van der Waals surface area contributed by atoms with Crippen LogP contribution in [0, 0.1) is 12.7 Å². The Morgan fingerprint density at radius 1 is 0.914 bits per heavy atom. The molecule has 5 rings (SSSR count). The summed E-state index contributed by atoms with van der Waals surface area (Å²) in [6, 6.07) is 26.6. The summed E-state index contributed by atoms with van der Waals surface area (Å²) in [5.74, 6) is -0.0885. The number of nitrogens with one attached hydrogen (secondary N) is 1. The van der Waals surface area contributed by atoms with Gasteiger partial charge in [-0.3, -0.25) is 9.36 Å². The second-order valence-electron chi connectivity index (χ2n) is 7.97. The van der Waals surface area contributed by atoms with Crippen molar-refractivity contribution < 1.29 is 9.18 Å². The van der Waals surface area contributed by atoms with Gasteiger partial charge in [0, 0.05) is 23.6 Å². The summed E-state index contributed by atoms with van der Waals surface area (Å²) in [5.41, 5.74) is 2.68. The molecule has 0 radical (unpaired) electrons. The van der Waals surface area contributed by atoms with Crippen LogP contribution in [0.3, 0.4) is 0 Å². The molecule has 0 unspecified atom stereocenters. The zero-order valence-corrected chi connectivity index (χ0v) is 18.9. The van der Waals surface area contributed by atoms with E-state index in [4.69, 9.17) is 0 Å². The van der Waals surface area contributed by atoms with E-state index in [1.165, 1.54) is 35.2 Å². The number of halogens is 1. The first kappa shape index (κ1) is 22.0. The molecule has 2 aromatic heterocycles. The number of nitrogens with zero attached hydrogens (tertiary/aromatic N) is 3. The topological polar surface area (TPSA) is 67.2 Å². The Morgan fingerprint density at radius 3 is 2.26 bits per heavy atom. The lowest BCUT2D eigenvalue weighted by Crippen LogP contribution is -2.34. The lowest BCUT2D eigenvalue weighted by molar-refractivity contribution is 0.259. The maximum absolute atomic E-state index is 13.7. The van der Waals surface area contributed by atoms with Crippen molar-refractivity contribution in [2.75, 3.05) is 10.2 Å². The van der Waals surface area contributed by atoms with Crippen LogP contribution in [0.2, 0.25) is 0 Å². The van der Waals surface area contributed by atoms with Gasteiger partial charge in [0.2, 0.25) is 0 Å². The standard InChI is InChI=1S/C28H21FN4O2/c1-19-16-17-30-27-26(19)24(34)18-25(32(27)22-8-4-2-5-9-22)33(23-10-6-3-7-11-23)28(35)31-21-14-12-20(29)13-15-21/h2-18H,1H3,(H,31,35). The average molecular weight is 465 g/mol. The van der Waals surface area contributed by atoms with Crippen LogP contribution in [-0.2, 0) is 0 Å². The number of amides is 2. The van der Waals surface area contributed by atoms with Crippen LogP contribution in [0.4, 0.5) is 26.4 Å². The lowest BCUT2D eigenvalue weighted by atomic mass is 10.1. The van der Waals surface area contributed by atoms with Gasteiger partial charge in [-0.05, 0) is 67.1 Å². The maximum Gasteiger partial charge on any atom is 0.332 e. The van der Waals surface area contributed by atoms with Crippen LogP contribution < -0.4 is 15.6 Å². The van der Waals surface area contributed by atoms with Gasteiger partial charge in [0.1, 0.15) is 17.3 Å².